The molecule has 0 spiro atoms. The average Bonchev–Trinajstić information content (AvgIpc) is 2.41. The summed E-state index contributed by atoms with van der Waals surface area (Å²) in [6, 6.07) is -0.631. The van der Waals surface area contributed by atoms with Crippen molar-refractivity contribution < 1.29 is 14.7 Å². The fraction of sp³-hybridized carbons (Fsp3) is 0.846. The molecular weight excluding hydrogens is 264 g/mol. The van der Waals surface area contributed by atoms with Crippen molar-refractivity contribution in [2.45, 2.75) is 44.6 Å². The zero-order chi connectivity index (χ0) is 14.1. The molecule has 3 N–H and O–H groups in total. The number of thioether (sulfide) groups is 1. The number of nitrogens with one attached hydrogen (secondary N) is 2. The Morgan fingerprint density at radius 2 is 2.00 bits per heavy atom. The summed E-state index contributed by atoms with van der Waals surface area (Å²) >= 11 is 1.61. The van der Waals surface area contributed by atoms with Crippen LogP contribution in [-0.2, 0) is 4.79 Å². The summed E-state index contributed by atoms with van der Waals surface area (Å²) in [7, 11) is 0. The van der Waals surface area contributed by atoms with Crippen molar-refractivity contribution in [3.05, 3.63) is 0 Å². The maximum absolute atomic E-state index is 12.0. The third-order valence-electron chi connectivity index (χ3n) is 3.51. The number of carbonyl (C=O) groups is 2. The van der Waals surface area contributed by atoms with Crippen LogP contribution in [0.15, 0.2) is 0 Å². The predicted molar refractivity (Wildman–Crippen MR) is 77.5 cm³/mol. The zero-order valence-corrected chi connectivity index (χ0v) is 12.3. The lowest BCUT2D eigenvalue weighted by atomic mass is 9.89. The molecule has 0 aromatic heterocycles. The molecule has 5 nitrogen and oxygen atoms in total. The zero-order valence-electron chi connectivity index (χ0n) is 11.5. The molecule has 6 heteroatoms. The molecule has 0 radical (unpaired) electrons. The predicted octanol–water partition coefficient (Wildman–Crippen LogP) is 2.07. The van der Waals surface area contributed by atoms with Gasteiger partial charge in [-0.1, -0.05) is 19.3 Å². The van der Waals surface area contributed by atoms with E-state index in [1.165, 1.54) is 32.1 Å². The minimum Gasteiger partial charge on any atom is -0.465 e. The summed E-state index contributed by atoms with van der Waals surface area (Å²) in [6.45, 7) is 0.676. The van der Waals surface area contributed by atoms with Gasteiger partial charge in [0.1, 0.15) is 6.04 Å². The first-order valence-corrected chi connectivity index (χ1v) is 8.29. The topological polar surface area (TPSA) is 78.4 Å². The second-order valence-electron chi connectivity index (χ2n) is 5.03. The van der Waals surface area contributed by atoms with Gasteiger partial charge in [-0.25, -0.2) is 4.79 Å². The molecule has 2 amide bonds. The monoisotopic (exact) mass is 288 g/mol. The fourth-order valence-corrected chi connectivity index (χ4v) is 2.88. The molecular formula is C13H24N2O3S. The van der Waals surface area contributed by atoms with Crippen LogP contribution in [0, 0.1) is 5.92 Å². The molecule has 0 heterocycles. The molecule has 19 heavy (non-hydrogen) atoms. The van der Waals surface area contributed by atoms with Crippen molar-refractivity contribution >= 4 is 23.8 Å². The summed E-state index contributed by atoms with van der Waals surface area (Å²) in [4.78, 5) is 22.7. The van der Waals surface area contributed by atoms with Crippen LogP contribution in [0.4, 0.5) is 4.79 Å². The highest BCUT2D eigenvalue weighted by Gasteiger charge is 2.21. The number of hydrogen-bond acceptors (Lipinski definition) is 3. The van der Waals surface area contributed by atoms with Gasteiger partial charge in [0.15, 0.2) is 0 Å². The molecule has 0 aromatic carbocycles. The van der Waals surface area contributed by atoms with Crippen molar-refractivity contribution in [2.75, 3.05) is 18.6 Å². The lowest BCUT2D eigenvalue weighted by molar-refractivity contribution is -0.123. The summed E-state index contributed by atoms with van der Waals surface area (Å²) in [5.74, 6) is 1.13. The first kappa shape index (κ1) is 16.1. The molecule has 1 saturated carbocycles. The van der Waals surface area contributed by atoms with Gasteiger partial charge in [-0.3, -0.25) is 4.79 Å². The van der Waals surface area contributed by atoms with E-state index >= 15 is 0 Å². The quantitative estimate of drug-likeness (QED) is 0.670. The SMILES string of the molecule is CSCC[C@@H](NC(=O)O)C(=O)NCC1CCCCC1. The highest BCUT2D eigenvalue weighted by molar-refractivity contribution is 7.98. The van der Waals surface area contributed by atoms with Crippen molar-refractivity contribution in [1.82, 2.24) is 10.6 Å². The van der Waals surface area contributed by atoms with Crippen LogP contribution < -0.4 is 10.6 Å². The number of amides is 2. The molecule has 1 aliphatic rings. The number of rotatable bonds is 7. The Morgan fingerprint density at radius 1 is 1.32 bits per heavy atom. The van der Waals surface area contributed by atoms with Gasteiger partial charge >= 0.3 is 6.09 Å². The van der Waals surface area contributed by atoms with Crippen molar-refractivity contribution in [3.63, 3.8) is 0 Å². The molecule has 0 aliphatic heterocycles. The minimum absolute atomic E-state index is 0.193. The standard InChI is InChI=1S/C13H24N2O3S/c1-19-8-7-11(15-13(17)18)12(16)14-9-10-5-3-2-4-6-10/h10-11,15H,2-9H2,1H3,(H,14,16)(H,17,18)/t11-/m1/s1. The van der Waals surface area contributed by atoms with Gasteiger partial charge < -0.3 is 15.7 Å². The smallest absolute Gasteiger partial charge is 0.405 e. The molecule has 1 fully saturated rings. The van der Waals surface area contributed by atoms with Gasteiger partial charge in [0.2, 0.25) is 5.91 Å². The Labute approximate surface area is 118 Å². The van der Waals surface area contributed by atoms with Crippen molar-refractivity contribution in [2.24, 2.45) is 5.92 Å². The second kappa shape index (κ2) is 9.07. The summed E-state index contributed by atoms with van der Waals surface area (Å²) in [6.07, 6.45) is 7.44. The number of hydrogen-bond donors (Lipinski definition) is 3. The van der Waals surface area contributed by atoms with Crippen LogP contribution in [0.3, 0.4) is 0 Å². The van der Waals surface area contributed by atoms with Gasteiger partial charge in [-0.2, -0.15) is 11.8 Å². The van der Waals surface area contributed by atoms with Gasteiger partial charge in [-0.15, -0.1) is 0 Å². The largest absolute Gasteiger partial charge is 0.465 e. The fourth-order valence-electron chi connectivity index (χ4n) is 2.41. The molecule has 1 rings (SSSR count). The van der Waals surface area contributed by atoms with Gasteiger partial charge in [0, 0.05) is 6.54 Å². The van der Waals surface area contributed by atoms with Crippen LogP contribution in [0.1, 0.15) is 38.5 Å². The second-order valence-corrected chi connectivity index (χ2v) is 6.02. The third kappa shape index (κ3) is 6.71. The minimum atomic E-state index is -1.14. The van der Waals surface area contributed by atoms with E-state index in [0.717, 1.165) is 5.75 Å². The van der Waals surface area contributed by atoms with Crippen LogP contribution >= 0.6 is 11.8 Å². The Balaban J connectivity index is 2.34. The van der Waals surface area contributed by atoms with Gasteiger partial charge in [-0.05, 0) is 37.2 Å². The first-order chi connectivity index (χ1) is 9.13. The van der Waals surface area contributed by atoms with E-state index in [1.807, 2.05) is 6.26 Å². The lowest BCUT2D eigenvalue weighted by Gasteiger charge is -2.23. The van der Waals surface area contributed by atoms with E-state index in [0.29, 0.717) is 18.9 Å². The van der Waals surface area contributed by atoms with Crippen LogP contribution in [-0.4, -0.2) is 41.7 Å². The molecule has 0 bridgehead atoms. The summed E-state index contributed by atoms with van der Waals surface area (Å²) < 4.78 is 0. The Morgan fingerprint density at radius 3 is 2.58 bits per heavy atom. The van der Waals surface area contributed by atoms with E-state index in [1.54, 1.807) is 11.8 Å². The number of carbonyl (C=O) groups excluding carboxylic acids is 1. The van der Waals surface area contributed by atoms with Crippen molar-refractivity contribution in [3.8, 4) is 0 Å². The Hall–Kier alpha value is -0.910. The van der Waals surface area contributed by atoms with Crippen LogP contribution in [0.5, 0.6) is 0 Å². The van der Waals surface area contributed by atoms with E-state index < -0.39 is 12.1 Å². The molecule has 0 saturated heterocycles. The lowest BCUT2D eigenvalue weighted by Crippen LogP contribution is -2.47. The van der Waals surface area contributed by atoms with Gasteiger partial charge in [0.05, 0.1) is 0 Å². The molecule has 1 atom stereocenters. The van der Waals surface area contributed by atoms with E-state index in [4.69, 9.17) is 5.11 Å². The normalized spacial score (nSPS) is 17.7. The number of carboxylic acid groups (broad SMARTS) is 1. The molecule has 1 aliphatic carbocycles. The van der Waals surface area contributed by atoms with Crippen LogP contribution in [0.2, 0.25) is 0 Å². The van der Waals surface area contributed by atoms with E-state index in [-0.39, 0.29) is 5.91 Å². The Kier molecular flexibility index (Phi) is 7.70. The van der Waals surface area contributed by atoms with E-state index in [9.17, 15) is 9.59 Å². The van der Waals surface area contributed by atoms with E-state index in [2.05, 4.69) is 10.6 Å². The maximum atomic E-state index is 12.0. The highest BCUT2D eigenvalue weighted by atomic mass is 32.2. The van der Waals surface area contributed by atoms with Gasteiger partial charge in [0.25, 0.3) is 0 Å². The molecule has 0 aromatic rings. The van der Waals surface area contributed by atoms with Crippen LogP contribution in [0.25, 0.3) is 0 Å². The molecule has 110 valence electrons. The Bertz CT molecular complexity index is 294. The summed E-state index contributed by atoms with van der Waals surface area (Å²) in [5.41, 5.74) is 0. The molecule has 0 unspecified atom stereocenters. The summed E-state index contributed by atoms with van der Waals surface area (Å²) in [5, 5.41) is 13.9. The highest BCUT2D eigenvalue weighted by Crippen LogP contribution is 2.22. The average molecular weight is 288 g/mol. The first-order valence-electron chi connectivity index (χ1n) is 6.89. The maximum Gasteiger partial charge on any atom is 0.405 e. The third-order valence-corrected chi connectivity index (χ3v) is 4.16. The van der Waals surface area contributed by atoms with Crippen molar-refractivity contribution in [1.29, 1.82) is 0 Å².